The summed E-state index contributed by atoms with van der Waals surface area (Å²) in [6, 6.07) is -0.930. The van der Waals surface area contributed by atoms with Crippen LogP contribution in [0.5, 0.6) is 0 Å². The molecule has 1 unspecified atom stereocenters. The molecule has 3 heterocycles. The van der Waals surface area contributed by atoms with Gasteiger partial charge in [-0.05, 0) is 13.3 Å². The number of aliphatic hydroxyl groups is 1. The van der Waals surface area contributed by atoms with Gasteiger partial charge in [0.2, 0.25) is 11.9 Å². The van der Waals surface area contributed by atoms with Crippen LogP contribution in [0, 0.1) is 6.92 Å². The van der Waals surface area contributed by atoms with Crippen LogP contribution < -0.4 is 4.57 Å². The molecule has 0 bridgehead atoms. The van der Waals surface area contributed by atoms with Crippen LogP contribution in [0.25, 0.3) is 0 Å². The van der Waals surface area contributed by atoms with E-state index in [1.54, 1.807) is 11.6 Å². The van der Waals surface area contributed by atoms with Gasteiger partial charge in [0.15, 0.2) is 0 Å². The molecule has 3 amide bonds. The SMILES string of the molecule is CCCN1C(=O)C2C(=Nc3n(CCO)c(C)c[n+]32)N(C)C1=O. The second-order valence-electron chi connectivity index (χ2n) is 5.56. The molecule has 2 aliphatic rings. The number of carbonyl (C=O) groups excluding carboxylic acids is 2. The van der Waals surface area contributed by atoms with E-state index < -0.39 is 6.04 Å². The predicted molar refractivity (Wildman–Crippen MR) is 77.7 cm³/mol. The van der Waals surface area contributed by atoms with Crippen molar-refractivity contribution in [3.8, 4) is 0 Å². The minimum atomic E-state index is -0.595. The molecule has 118 valence electrons. The largest absolute Gasteiger partial charge is 0.402 e. The molecule has 1 aromatic heterocycles. The van der Waals surface area contributed by atoms with Crippen molar-refractivity contribution in [3.63, 3.8) is 0 Å². The van der Waals surface area contributed by atoms with Crippen LogP contribution in [-0.4, -0.2) is 57.4 Å². The molecule has 1 aromatic rings. The summed E-state index contributed by atoms with van der Waals surface area (Å²) in [7, 11) is 1.64. The van der Waals surface area contributed by atoms with Gasteiger partial charge in [-0.15, -0.1) is 0 Å². The lowest BCUT2D eigenvalue weighted by atomic mass is 10.1. The van der Waals surface area contributed by atoms with E-state index in [1.807, 2.05) is 24.6 Å². The molecule has 1 fully saturated rings. The highest BCUT2D eigenvalue weighted by atomic mass is 16.3. The van der Waals surface area contributed by atoms with Crippen LogP contribution in [0.3, 0.4) is 0 Å². The Hall–Kier alpha value is -2.22. The number of hydrogen-bond donors (Lipinski definition) is 1. The van der Waals surface area contributed by atoms with Crippen molar-refractivity contribution >= 4 is 23.7 Å². The first-order valence-corrected chi connectivity index (χ1v) is 7.41. The summed E-state index contributed by atoms with van der Waals surface area (Å²) >= 11 is 0. The molecule has 8 heteroatoms. The molecule has 1 atom stereocenters. The van der Waals surface area contributed by atoms with Gasteiger partial charge in [-0.1, -0.05) is 11.9 Å². The number of fused-ring (bicyclic) bond motifs is 3. The van der Waals surface area contributed by atoms with Crippen molar-refractivity contribution in [1.29, 1.82) is 0 Å². The van der Waals surface area contributed by atoms with Gasteiger partial charge in [-0.3, -0.25) is 14.6 Å². The van der Waals surface area contributed by atoms with Crippen molar-refractivity contribution in [1.82, 2.24) is 14.4 Å². The maximum atomic E-state index is 12.7. The summed E-state index contributed by atoms with van der Waals surface area (Å²) in [4.78, 5) is 32.2. The molecule has 0 spiro atoms. The Morgan fingerprint density at radius 3 is 2.73 bits per heavy atom. The molecule has 3 rings (SSSR count). The number of imide groups is 1. The van der Waals surface area contributed by atoms with Crippen molar-refractivity contribution in [2.24, 2.45) is 4.99 Å². The zero-order valence-electron chi connectivity index (χ0n) is 13.0. The van der Waals surface area contributed by atoms with Gasteiger partial charge >= 0.3 is 12.0 Å². The fourth-order valence-corrected chi connectivity index (χ4v) is 3.04. The van der Waals surface area contributed by atoms with Crippen LogP contribution in [0.4, 0.5) is 10.7 Å². The Bertz CT molecular complexity index is 678. The second-order valence-corrected chi connectivity index (χ2v) is 5.56. The minimum Gasteiger partial charge on any atom is -0.393 e. The third-order valence-electron chi connectivity index (χ3n) is 4.09. The number of hydrogen-bond acceptors (Lipinski definition) is 4. The van der Waals surface area contributed by atoms with E-state index in [0.29, 0.717) is 31.3 Å². The van der Waals surface area contributed by atoms with Crippen LogP contribution in [0.15, 0.2) is 11.2 Å². The van der Waals surface area contributed by atoms with E-state index >= 15 is 0 Å². The lowest BCUT2D eigenvalue weighted by Gasteiger charge is -2.32. The van der Waals surface area contributed by atoms with E-state index in [-0.39, 0.29) is 18.5 Å². The Morgan fingerprint density at radius 1 is 1.36 bits per heavy atom. The van der Waals surface area contributed by atoms with Crippen molar-refractivity contribution in [2.75, 3.05) is 20.2 Å². The fourth-order valence-electron chi connectivity index (χ4n) is 3.04. The number of aryl methyl sites for hydroxylation is 1. The topological polar surface area (TPSA) is 82.0 Å². The van der Waals surface area contributed by atoms with Gasteiger partial charge in [0.25, 0.3) is 5.91 Å². The summed E-state index contributed by atoms with van der Waals surface area (Å²) < 4.78 is 3.63. The summed E-state index contributed by atoms with van der Waals surface area (Å²) in [5, 5.41) is 9.19. The highest BCUT2D eigenvalue weighted by Crippen LogP contribution is 2.29. The highest BCUT2D eigenvalue weighted by Gasteiger charge is 2.52. The van der Waals surface area contributed by atoms with Gasteiger partial charge in [-0.25, -0.2) is 13.9 Å². The summed E-state index contributed by atoms with van der Waals surface area (Å²) in [5.41, 5.74) is 0.918. The molecular formula is C14H20N5O3+. The lowest BCUT2D eigenvalue weighted by Crippen LogP contribution is -2.62. The molecule has 0 aromatic carbocycles. The number of nitrogens with zero attached hydrogens (tertiary/aromatic N) is 5. The van der Waals surface area contributed by atoms with Gasteiger partial charge < -0.3 is 5.11 Å². The molecule has 0 saturated carbocycles. The maximum absolute atomic E-state index is 12.7. The number of rotatable bonds is 4. The number of aromatic nitrogens is 2. The number of urea groups is 1. The molecule has 2 aliphatic heterocycles. The van der Waals surface area contributed by atoms with Gasteiger partial charge in [0.05, 0.1) is 13.2 Å². The van der Waals surface area contributed by atoms with Crippen LogP contribution in [0.1, 0.15) is 25.1 Å². The van der Waals surface area contributed by atoms with Crippen LogP contribution in [-0.2, 0) is 11.3 Å². The Morgan fingerprint density at radius 2 is 2.09 bits per heavy atom. The molecule has 0 radical (unpaired) electrons. The van der Waals surface area contributed by atoms with E-state index in [9.17, 15) is 14.7 Å². The average molecular weight is 306 g/mol. The van der Waals surface area contributed by atoms with Crippen LogP contribution >= 0.6 is 0 Å². The smallest absolute Gasteiger partial charge is 0.393 e. The molecule has 22 heavy (non-hydrogen) atoms. The Balaban J connectivity index is 2.08. The fraction of sp³-hybridized carbons (Fsp3) is 0.571. The Kier molecular flexibility index (Phi) is 3.48. The monoisotopic (exact) mass is 306 g/mol. The van der Waals surface area contributed by atoms with E-state index in [1.165, 1.54) is 9.80 Å². The van der Waals surface area contributed by atoms with Gasteiger partial charge in [0.1, 0.15) is 11.9 Å². The third kappa shape index (κ3) is 1.87. The molecule has 1 N–H and O–H groups in total. The lowest BCUT2D eigenvalue weighted by molar-refractivity contribution is -0.677. The number of amidine groups is 1. The number of imidazole rings is 1. The first-order valence-electron chi connectivity index (χ1n) is 7.41. The molecule has 0 aliphatic carbocycles. The van der Waals surface area contributed by atoms with Crippen LogP contribution in [0.2, 0.25) is 0 Å². The zero-order valence-corrected chi connectivity index (χ0v) is 13.0. The summed E-state index contributed by atoms with van der Waals surface area (Å²) in [6.07, 6.45) is 2.56. The number of carbonyl (C=O) groups is 2. The predicted octanol–water partition coefficient (Wildman–Crippen LogP) is -0.0350. The standard InChI is InChI=1S/C14H20N5O3/c1-4-5-18-12(21)10-11(16(3)14(18)22)15-13-17(6-7-20)9(2)8-19(10)13/h8,10,20H,4-7H2,1-3H3/q+1. The van der Waals surface area contributed by atoms with Gasteiger partial charge in [-0.2, -0.15) is 0 Å². The quantitative estimate of drug-likeness (QED) is 0.793. The van der Waals surface area contributed by atoms with E-state index in [2.05, 4.69) is 4.99 Å². The minimum absolute atomic E-state index is 0.0112. The zero-order chi connectivity index (χ0) is 16.0. The summed E-state index contributed by atoms with van der Waals surface area (Å²) in [5.74, 6) is 0.801. The van der Waals surface area contributed by atoms with Gasteiger partial charge in [0, 0.05) is 13.6 Å². The normalized spacial score (nSPS) is 20.4. The number of aliphatic imine (C=N–C) groups is 1. The molecule has 1 saturated heterocycles. The summed E-state index contributed by atoms with van der Waals surface area (Å²) in [6.45, 7) is 4.63. The van der Waals surface area contributed by atoms with Crippen molar-refractivity contribution in [3.05, 3.63) is 11.9 Å². The third-order valence-corrected chi connectivity index (χ3v) is 4.09. The molecular weight excluding hydrogens is 286 g/mol. The van der Waals surface area contributed by atoms with Crippen molar-refractivity contribution in [2.45, 2.75) is 32.9 Å². The maximum Gasteiger partial charge on any atom is 0.402 e. The molecule has 8 nitrogen and oxygen atoms in total. The first-order chi connectivity index (χ1) is 10.5. The first kappa shape index (κ1) is 14.7. The van der Waals surface area contributed by atoms with E-state index in [4.69, 9.17) is 0 Å². The highest BCUT2D eigenvalue weighted by molar-refractivity contribution is 6.19. The second kappa shape index (κ2) is 5.20. The average Bonchev–Trinajstić information content (AvgIpc) is 2.99. The number of amides is 3. The number of aliphatic hydroxyl groups excluding tert-OH is 1. The van der Waals surface area contributed by atoms with E-state index in [0.717, 1.165) is 5.69 Å². The Labute approximate surface area is 128 Å². The van der Waals surface area contributed by atoms with Crippen molar-refractivity contribution < 1.29 is 19.3 Å². The number of likely N-dealkylation sites (N-methyl/N-ethyl adjacent to an activating group) is 1.